The first-order chi connectivity index (χ1) is 12.2. The maximum absolute atomic E-state index is 13.1. The van der Waals surface area contributed by atoms with E-state index in [9.17, 15) is 4.39 Å². The van der Waals surface area contributed by atoms with E-state index in [1.807, 2.05) is 24.3 Å². The van der Waals surface area contributed by atoms with Gasteiger partial charge in [-0.05, 0) is 43.3 Å². The second-order valence-electron chi connectivity index (χ2n) is 6.02. The molecule has 126 valence electrons. The molecule has 2 aromatic heterocycles. The zero-order chi connectivity index (χ0) is 17.2. The van der Waals surface area contributed by atoms with Crippen LogP contribution < -0.4 is 5.32 Å². The average Bonchev–Trinajstić information content (AvgIpc) is 3.27. The van der Waals surface area contributed by atoms with Crippen molar-refractivity contribution >= 4 is 11.0 Å². The van der Waals surface area contributed by atoms with Crippen LogP contribution >= 0.6 is 0 Å². The summed E-state index contributed by atoms with van der Waals surface area (Å²) in [6.45, 7) is 2.69. The van der Waals surface area contributed by atoms with E-state index in [1.165, 1.54) is 12.1 Å². The van der Waals surface area contributed by atoms with Gasteiger partial charge in [0.2, 0.25) is 0 Å². The van der Waals surface area contributed by atoms with Gasteiger partial charge in [0.05, 0.1) is 29.0 Å². The molecule has 2 heterocycles. The van der Waals surface area contributed by atoms with E-state index >= 15 is 0 Å². The molecule has 0 aliphatic carbocycles. The van der Waals surface area contributed by atoms with E-state index in [-0.39, 0.29) is 11.9 Å². The van der Waals surface area contributed by atoms with Gasteiger partial charge >= 0.3 is 0 Å². The summed E-state index contributed by atoms with van der Waals surface area (Å²) in [4.78, 5) is 7.96. The summed E-state index contributed by atoms with van der Waals surface area (Å²) in [6, 6.07) is 14.4. The lowest BCUT2D eigenvalue weighted by molar-refractivity contribution is 0.553. The van der Waals surface area contributed by atoms with Gasteiger partial charge in [-0.25, -0.2) is 9.37 Å². The minimum atomic E-state index is -0.249. The lowest BCUT2D eigenvalue weighted by Crippen LogP contribution is -2.19. The molecule has 5 nitrogen and oxygen atoms in total. The molecule has 0 aliphatic rings. The van der Waals surface area contributed by atoms with Crippen LogP contribution in [-0.2, 0) is 6.54 Å². The van der Waals surface area contributed by atoms with Gasteiger partial charge in [0.15, 0.2) is 0 Å². The van der Waals surface area contributed by atoms with Gasteiger partial charge in [0.25, 0.3) is 0 Å². The van der Waals surface area contributed by atoms with Gasteiger partial charge in [-0.3, -0.25) is 5.10 Å². The van der Waals surface area contributed by atoms with Gasteiger partial charge in [-0.15, -0.1) is 0 Å². The highest BCUT2D eigenvalue weighted by molar-refractivity contribution is 5.74. The Balaban J connectivity index is 1.50. The number of para-hydroxylation sites is 2. The molecule has 6 heteroatoms. The number of imidazole rings is 1. The van der Waals surface area contributed by atoms with Crippen LogP contribution in [0.25, 0.3) is 22.3 Å². The molecule has 0 unspecified atom stereocenters. The van der Waals surface area contributed by atoms with Crippen molar-refractivity contribution in [1.82, 2.24) is 25.5 Å². The molecular formula is C19H18FN5. The highest BCUT2D eigenvalue weighted by Crippen LogP contribution is 2.22. The van der Waals surface area contributed by atoms with Crippen molar-refractivity contribution in [3.63, 3.8) is 0 Å². The van der Waals surface area contributed by atoms with E-state index in [0.29, 0.717) is 6.54 Å². The van der Waals surface area contributed by atoms with Gasteiger partial charge in [0, 0.05) is 17.7 Å². The summed E-state index contributed by atoms with van der Waals surface area (Å²) in [5, 5.41) is 10.6. The lowest BCUT2D eigenvalue weighted by Gasteiger charge is -2.11. The van der Waals surface area contributed by atoms with Crippen molar-refractivity contribution in [3.05, 3.63) is 71.9 Å². The number of nitrogens with zero attached hydrogens (tertiary/aromatic N) is 2. The Kier molecular flexibility index (Phi) is 4.03. The lowest BCUT2D eigenvalue weighted by atomic mass is 10.1. The fraction of sp³-hybridized carbons (Fsp3) is 0.158. The van der Waals surface area contributed by atoms with Gasteiger partial charge in [-0.1, -0.05) is 12.1 Å². The van der Waals surface area contributed by atoms with Crippen LogP contribution in [0.2, 0.25) is 0 Å². The first kappa shape index (κ1) is 15.5. The number of rotatable bonds is 5. The third-order valence-corrected chi connectivity index (χ3v) is 4.27. The summed E-state index contributed by atoms with van der Waals surface area (Å²) in [5.41, 5.74) is 4.81. The monoisotopic (exact) mass is 335 g/mol. The van der Waals surface area contributed by atoms with Gasteiger partial charge in [-0.2, -0.15) is 5.10 Å². The molecule has 4 rings (SSSR count). The Morgan fingerprint density at radius 1 is 1.12 bits per heavy atom. The molecule has 0 bridgehead atoms. The van der Waals surface area contributed by atoms with E-state index in [1.54, 1.807) is 18.3 Å². The van der Waals surface area contributed by atoms with Crippen molar-refractivity contribution in [1.29, 1.82) is 0 Å². The molecule has 25 heavy (non-hydrogen) atoms. The molecule has 0 saturated carbocycles. The molecule has 0 radical (unpaired) electrons. The molecule has 0 amide bonds. The minimum absolute atomic E-state index is 0.0587. The standard InChI is InChI=1S/C19H18FN5/c1-12(19-23-16-4-2-3-5-17(16)24-19)21-10-14-11-22-25-18(14)13-6-8-15(20)9-7-13/h2-9,11-12,21H,10H2,1H3,(H,22,25)(H,23,24)/t12-/m1/s1. The van der Waals surface area contributed by atoms with Gasteiger partial charge in [0.1, 0.15) is 11.6 Å². The van der Waals surface area contributed by atoms with E-state index in [0.717, 1.165) is 33.7 Å². The summed E-state index contributed by atoms with van der Waals surface area (Å²) >= 11 is 0. The fourth-order valence-electron chi connectivity index (χ4n) is 2.85. The predicted octanol–water partition coefficient (Wildman–Crippen LogP) is 3.94. The molecule has 4 aromatic rings. The highest BCUT2D eigenvalue weighted by atomic mass is 19.1. The van der Waals surface area contributed by atoms with E-state index in [4.69, 9.17) is 0 Å². The first-order valence-corrected chi connectivity index (χ1v) is 8.17. The molecular weight excluding hydrogens is 317 g/mol. The van der Waals surface area contributed by atoms with Crippen molar-refractivity contribution in [3.8, 4) is 11.3 Å². The van der Waals surface area contributed by atoms with E-state index < -0.39 is 0 Å². The largest absolute Gasteiger partial charge is 0.341 e. The van der Waals surface area contributed by atoms with Crippen LogP contribution in [0.5, 0.6) is 0 Å². The summed E-state index contributed by atoms with van der Waals surface area (Å²) in [7, 11) is 0. The second kappa shape index (κ2) is 6.49. The topological polar surface area (TPSA) is 69.4 Å². The maximum atomic E-state index is 13.1. The third-order valence-electron chi connectivity index (χ3n) is 4.27. The average molecular weight is 335 g/mol. The predicted molar refractivity (Wildman–Crippen MR) is 95.3 cm³/mol. The summed E-state index contributed by atoms with van der Waals surface area (Å²) in [5.74, 6) is 0.648. The first-order valence-electron chi connectivity index (χ1n) is 8.17. The number of nitrogens with one attached hydrogen (secondary N) is 3. The normalized spacial score (nSPS) is 12.6. The Hall–Kier alpha value is -2.99. The molecule has 1 atom stereocenters. The zero-order valence-electron chi connectivity index (χ0n) is 13.8. The molecule has 0 fully saturated rings. The van der Waals surface area contributed by atoms with Crippen molar-refractivity contribution in [2.75, 3.05) is 0 Å². The molecule has 0 saturated heterocycles. The quantitative estimate of drug-likeness (QED) is 0.517. The van der Waals surface area contributed by atoms with Crippen molar-refractivity contribution in [2.45, 2.75) is 19.5 Å². The molecule has 3 N–H and O–H groups in total. The minimum Gasteiger partial charge on any atom is -0.341 e. The second-order valence-corrected chi connectivity index (χ2v) is 6.02. The smallest absolute Gasteiger partial charge is 0.124 e. The fourth-order valence-corrected chi connectivity index (χ4v) is 2.85. The Morgan fingerprint density at radius 3 is 2.72 bits per heavy atom. The van der Waals surface area contributed by atoms with Crippen LogP contribution in [-0.4, -0.2) is 20.2 Å². The maximum Gasteiger partial charge on any atom is 0.124 e. The van der Waals surface area contributed by atoms with Crippen molar-refractivity contribution < 1.29 is 4.39 Å². The van der Waals surface area contributed by atoms with Crippen LogP contribution in [0.15, 0.2) is 54.7 Å². The molecule has 0 aliphatic heterocycles. The van der Waals surface area contributed by atoms with Gasteiger partial charge < -0.3 is 10.3 Å². The number of halogens is 1. The Labute approximate surface area is 144 Å². The number of H-pyrrole nitrogens is 2. The number of aromatic nitrogens is 4. The summed E-state index contributed by atoms with van der Waals surface area (Å²) < 4.78 is 13.1. The number of benzene rings is 2. The third kappa shape index (κ3) is 3.16. The van der Waals surface area contributed by atoms with Crippen LogP contribution in [0.3, 0.4) is 0 Å². The van der Waals surface area contributed by atoms with E-state index in [2.05, 4.69) is 32.4 Å². The molecule has 0 spiro atoms. The van der Waals surface area contributed by atoms with Crippen LogP contribution in [0.1, 0.15) is 24.4 Å². The summed E-state index contributed by atoms with van der Waals surface area (Å²) in [6.07, 6.45) is 1.79. The van der Waals surface area contributed by atoms with Crippen molar-refractivity contribution in [2.24, 2.45) is 0 Å². The van der Waals surface area contributed by atoms with Crippen LogP contribution in [0, 0.1) is 5.82 Å². The molecule has 2 aromatic carbocycles. The SMILES string of the molecule is C[C@@H](NCc1cn[nH]c1-c1ccc(F)cc1)c1nc2ccccc2[nH]1. The number of hydrogen-bond acceptors (Lipinski definition) is 3. The number of hydrogen-bond donors (Lipinski definition) is 3. The zero-order valence-corrected chi connectivity index (χ0v) is 13.8. The Morgan fingerprint density at radius 2 is 1.92 bits per heavy atom. The van der Waals surface area contributed by atoms with Crippen LogP contribution in [0.4, 0.5) is 4.39 Å². The highest BCUT2D eigenvalue weighted by Gasteiger charge is 2.13. The number of aromatic amines is 2. The number of fused-ring (bicyclic) bond motifs is 1. The Bertz CT molecular complexity index is 953.